The Balaban J connectivity index is 1.98. The Morgan fingerprint density at radius 3 is 2.88 bits per heavy atom. The Morgan fingerprint density at radius 1 is 1.44 bits per heavy atom. The van der Waals surface area contributed by atoms with E-state index in [-0.39, 0.29) is 11.9 Å². The number of nitrogens with one attached hydrogen (secondary N) is 1. The van der Waals surface area contributed by atoms with Crippen LogP contribution in [0.25, 0.3) is 0 Å². The molecular formula is C18H30N4O2S. The molecule has 0 aliphatic carbocycles. The largest absolute Gasteiger partial charge is 0.466 e. The van der Waals surface area contributed by atoms with Crippen molar-refractivity contribution in [1.29, 1.82) is 0 Å². The lowest BCUT2D eigenvalue weighted by Crippen LogP contribution is -2.48. The Labute approximate surface area is 154 Å². The molecule has 0 bridgehead atoms. The van der Waals surface area contributed by atoms with Crippen molar-refractivity contribution in [2.75, 3.05) is 32.8 Å². The molecule has 1 unspecified atom stereocenters. The van der Waals surface area contributed by atoms with Crippen molar-refractivity contribution in [3.05, 3.63) is 15.6 Å². The van der Waals surface area contributed by atoms with Gasteiger partial charge in [0.05, 0.1) is 23.2 Å². The molecule has 0 spiro atoms. The van der Waals surface area contributed by atoms with E-state index in [0.717, 1.165) is 55.6 Å². The van der Waals surface area contributed by atoms with Gasteiger partial charge < -0.3 is 15.0 Å². The summed E-state index contributed by atoms with van der Waals surface area (Å²) in [4.78, 5) is 24.8. The van der Waals surface area contributed by atoms with Crippen LogP contribution in [0.2, 0.25) is 0 Å². The van der Waals surface area contributed by atoms with Crippen molar-refractivity contribution in [3.8, 4) is 0 Å². The number of piperidine rings is 1. The highest BCUT2D eigenvalue weighted by Gasteiger charge is 2.28. The maximum absolute atomic E-state index is 12.0. The highest BCUT2D eigenvalue weighted by molar-refractivity contribution is 7.11. The summed E-state index contributed by atoms with van der Waals surface area (Å²) in [6.07, 6.45) is 2.79. The molecule has 1 N–H and O–H groups in total. The van der Waals surface area contributed by atoms with Crippen molar-refractivity contribution in [1.82, 2.24) is 15.2 Å². The van der Waals surface area contributed by atoms with Gasteiger partial charge in [-0.15, -0.1) is 11.3 Å². The fraction of sp³-hybridized carbons (Fsp3) is 0.722. The van der Waals surface area contributed by atoms with Crippen molar-refractivity contribution in [3.63, 3.8) is 0 Å². The molecule has 0 radical (unpaired) electrons. The van der Waals surface area contributed by atoms with Gasteiger partial charge in [-0.2, -0.15) is 0 Å². The predicted molar refractivity (Wildman–Crippen MR) is 102 cm³/mol. The van der Waals surface area contributed by atoms with E-state index in [1.807, 2.05) is 13.8 Å². The number of esters is 1. The lowest BCUT2D eigenvalue weighted by molar-refractivity contribution is -0.149. The highest BCUT2D eigenvalue weighted by atomic mass is 32.1. The molecule has 2 rings (SSSR count). The maximum Gasteiger partial charge on any atom is 0.310 e. The van der Waals surface area contributed by atoms with E-state index in [0.29, 0.717) is 13.2 Å². The average Bonchev–Trinajstić information content (AvgIpc) is 2.92. The Bertz CT molecular complexity index is 600. The smallest absolute Gasteiger partial charge is 0.310 e. The van der Waals surface area contributed by atoms with Crippen molar-refractivity contribution in [2.24, 2.45) is 10.9 Å². The first-order valence-corrected chi connectivity index (χ1v) is 9.99. The zero-order valence-corrected chi connectivity index (χ0v) is 16.6. The van der Waals surface area contributed by atoms with Gasteiger partial charge in [-0.1, -0.05) is 0 Å². The second-order valence-corrected chi connectivity index (χ2v) is 7.55. The minimum absolute atomic E-state index is 0.0519. The topological polar surface area (TPSA) is 66.8 Å². The number of likely N-dealkylation sites (tertiary alicyclic amines) is 1. The summed E-state index contributed by atoms with van der Waals surface area (Å²) in [5.74, 6) is 0.762. The number of rotatable bonds is 6. The summed E-state index contributed by atoms with van der Waals surface area (Å²) in [5.41, 5.74) is 1.11. The number of hydrogen-bond acceptors (Lipinski definition) is 5. The molecular weight excluding hydrogens is 336 g/mol. The number of carbonyl (C=O) groups excluding carboxylic acids is 1. The Kier molecular flexibility index (Phi) is 7.68. The van der Waals surface area contributed by atoms with Crippen LogP contribution in [0.3, 0.4) is 0 Å². The molecule has 1 atom stereocenters. The number of hydrogen-bond donors (Lipinski definition) is 1. The van der Waals surface area contributed by atoms with Crippen LogP contribution >= 0.6 is 11.3 Å². The van der Waals surface area contributed by atoms with Crippen LogP contribution < -0.4 is 5.32 Å². The molecule has 1 aliphatic heterocycles. The fourth-order valence-corrected chi connectivity index (χ4v) is 4.04. The molecule has 0 aromatic carbocycles. The summed E-state index contributed by atoms with van der Waals surface area (Å²) >= 11 is 1.75. The van der Waals surface area contributed by atoms with E-state index in [1.165, 1.54) is 4.88 Å². The van der Waals surface area contributed by atoms with Crippen LogP contribution in [0.5, 0.6) is 0 Å². The average molecular weight is 367 g/mol. The lowest BCUT2D eigenvalue weighted by atomic mass is 9.98. The summed E-state index contributed by atoms with van der Waals surface area (Å²) in [5, 5.41) is 4.47. The third kappa shape index (κ3) is 5.70. The third-order valence-electron chi connectivity index (χ3n) is 4.28. The van der Waals surface area contributed by atoms with Crippen molar-refractivity contribution < 1.29 is 9.53 Å². The molecule has 1 saturated heterocycles. The number of aliphatic imine (C=N–C) groups is 1. The lowest BCUT2D eigenvalue weighted by Gasteiger charge is -2.34. The number of thiazole rings is 1. The zero-order chi connectivity index (χ0) is 18.2. The molecule has 1 aromatic rings. The normalized spacial score (nSPS) is 18.3. The second kappa shape index (κ2) is 9.75. The van der Waals surface area contributed by atoms with Gasteiger partial charge in [-0.3, -0.25) is 9.79 Å². The highest BCUT2D eigenvalue weighted by Crippen LogP contribution is 2.19. The summed E-state index contributed by atoms with van der Waals surface area (Å²) in [6.45, 7) is 11.6. The molecule has 1 aliphatic rings. The van der Waals surface area contributed by atoms with Crippen LogP contribution in [0.15, 0.2) is 4.99 Å². The van der Waals surface area contributed by atoms with Gasteiger partial charge in [0.2, 0.25) is 0 Å². The van der Waals surface area contributed by atoms with E-state index in [1.54, 1.807) is 11.3 Å². The summed E-state index contributed by atoms with van der Waals surface area (Å²) < 4.78 is 5.19. The number of carbonyl (C=O) groups is 1. The van der Waals surface area contributed by atoms with Crippen LogP contribution in [0.1, 0.15) is 42.3 Å². The quantitative estimate of drug-likeness (QED) is 0.476. The Morgan fingerprint density at radius 2 is 2.24 bits per heavy atom. The van der Waals surface area contributed by atoms with Crippen molar-refractivity contribution in [2.45, 2.75) is 47.0 Å². The predicted octanol–water partition coefficient (Wildman–Crippen LogP) is 2.54. The Hall–Kier alpha value is -1.63. The van der Waals surface area contributed by atoms with Crippen LogP contribution in [-0.2, 0) is 16.0 Å². The SMILES string of the molecule is CCNC(=NCCc1sc(C)nc1C)N1CCCC(C(=O)OCC)C1. The minimum atomic E-state index is -0.0844. The molecule has 0 saturated carbocycles. The van der Waals surface area contributed by atoms with Gasteiger partial charge in [0, 0.05) is 37.5 Å². The van der Waals surface area contributed by atoms with Crippen LogP contribution in [0, 0.1) is 19.8 Å². The molecule has 25 heavy (non-hydrogen) atoms. The van der Waals surface area contributed by atoms with Gasteiger partial charge in [-0.25, -0.2) is 4.98 Å². The fourth-order valence-electron chi connectivity index (χ4n) is 3.12. The number of aromatic nitrogens is 1. The number of guanidine groups is 1. The standard InChI is InChI=1S/C18H30N4O2S/c1-5-19-18(20-10-9-16-13(3)21-14(4)25-16)22-11-7-8-15(12-22)17(23)24-6-2/h15H,5-12H2,1-4H3,(H,19,20). The third-order valence-corrected chi connectivity index (χ3v) is 5.41. The van der Waals surface area contributed by atoms with Gasteiger partial charge in [0.25, 0.3) is 0 Å². The first-order chi connectivity index (χ1) is 12.0. The van der Waals surface area contributed by atoms with Crippen LogP contribution in [-0.4, -0.2) is 54.6 Å². The molecule has 0 amide bonds. The van der Waals surface area contributed by atoms with E-state index in [4.69, 9.17) is 9.73 Å². The van der Waals surface area contributed by atoms with Gasteiger partial charge in [0.1, 0.15) is 0 Å². The number of aryl methyl sites for hydroxylation is 2. The number of ether oxygens (including phenoxy) is 1. The first-order valence-electron chi connectivity index (χ1n) is 9.17. The molecule has 140 valence electrons. The molecule has 1 aromatic heterocycles. The first kappa shape index (κ1) is 19.7. The number of nitrogens with zero attached hydrogens (tertiary/aromatic N) is 3. The van der Waals surface area contributed by atoms with Gasteiger partial charge >= 0.3 is 5.97 Å². The zero-order valence-electron chi connectivity index (χ0n) is 15.8. The molecule has 2 heterocycles. The maximum atomic E-state index is 12.0. The minimum Gasteiger partial charge on any atom is -0.466 e. The van der Waals surface area contributed by atoms with Crippen LogP contribution in [0.4, 0.5) is 0 Å². The van der Waals surface area contributed by atoms with Gasteiger partial charge in [0.15, 0.2) is 5.96 Å². The van der Waals surface area contributed by atoms with Crippen molar-refractivity contribution >= 4 is 23.3 Å². The molecule has 7 heteroatoms. The van der Waals surface area contributed by atoms with Gasteiger partial charge in [-0.05, 0) is 40.5 Å². The molecule has 6 nitrogen and oxygen atoms in total. The second-order valence-electron chi connectivity index (χ2n) is 6.26. The summed E-state index contributed by atoms with van der Waals surface area (Å²) in [6, 6.07) is 0. The molecule has 1 fully saturated rings. The summed E-state index contributed by atoms with van der Waals surface area (Å²) in [7, 11) is 0. The van der Waals surface area contributed by atoms with E-state index >= 15 is 0 Å². The van der Waals surface area contributed by atoms with E-state index in [2.05, 4.69) is 29.0 Å². The van der Waals surface area contributed by atoms with E-state index in [9.17, 15) is 4.79 Å². The monoisotopic (exact) mass is 366 g/mol. The van der Waals surface area contributed by atoms with E-state index < -0.39 is 0 Å².